The minimum Gasteiger partial charge on any atom is -0.449 e. The molecule has 5 heteroatoms. The van der Waals surface area contributed by atoms with Crippen molar-refractivity contribution in [2.45, 2.75) is 85.2 Å². The summed E-state index contributed by atoms with van der Waals surface area (Å²) >= 11 is 0. The summed E-state index contributed by atoms with van der Waals surface area (Å²) < 4.78 is 11.1. The van der Waals surface area contributed by atoms with Crippen LogP contribution in [-0.4, -0.2) is 43.2 Å². The van der Waals surface area contributed by atoms with Crippen molar-refractivity contribution in [1.29, 1.82) is 0 Å². The molecule has 0 aromatic rings. The van der Waals surface area contributed by atoms with Crippen molar-refractivity contribution in [3.8, 4) is 0 Å². The second-order valence-corrected chi connectivity index (χ2v) is 7.68. The monoisotopic (exact) mass is 345 g/mol. The number of aliphatic hydroxyl groups excluding tert-OH is 1. The largest absolute Gasteiger partial charge is 0.449 e. The quantitative estimate of drug-likeness (QED) is 0.489. The van der Waals surface area contributed by atoms with Crippen molar-refractivity contribution in [2.75, 3.05) is 26.4 Å². The van der Waals surface area contributed by atoms with Gasteiger partial charge in [-0.15, -0.1) is 0 Å². The number of amides is 1. The lowest BCUT2D eigenvalue weighted by atomic mass is 9.88. The third kappa shape index (κ3) is 11.7. The van der Waals surface area contributed by atoms with Gasteiger partial charge in [0.25, 0.3) is 0 Å². The summed E-state index contributed by atoms with van der Waals surface area (Å²) in [7, 11) is 0. The Balaban J connectivity index is 4.01. The lowest BCUT2D eigenvalue weighted by Gasteiger charge is -2.33. The van der Waals surface area contributed by atoms with Crippen molar-refractivity contribution in [1.82, 2.24) is 5.32 Å². The van der Waals surface area contributed by atoms with Crippen LogP contribution in [-0.2, 0) is 9.47 Å². The van der Waals surface area contributed by atoms with Crippen LogP contribution < -0.4 is 5.32 Å². The normalized spacial score (nSPS) is 14.2. The van der Waals surface area contributed by atoms with Crippen LogP contribution >= 0.6 is 0 Å². The van der Waals surface area contributed by atoms with Crippen molar-refractivity contribution in [3.63, 3.8) is 0 Å². The topological polar surface area (TPSA) is 67.8 Å². The minimum atomic E-state index is -0.537. The molecule has 0 aliphatic carbocycles. The maximum absolute atomic E-state index is 11.8. The Morgan fingerprint density at radius 3 is 2.17 bits per heavy atom. The van der Waals surface area contributed by atoms with E-state index < -0.39 is 11.5 Å². The van der Waals surface area contributed by atoms with Crippen molar-refractivity contribution >= 4 is 6.09 Å². The van der Waals surface area contributed by atoms with Crippen LogP contribution in [0.2, 0.25) is 0 Å². The first-order chi connectivity index (χ1) is 11.3. The van der Waals surface area contributed by atoms with Crippen LogP contribution in [0.25, 0.3) is 0 Å². The number of ether oxygens (including phenoxy) is 2. The standard InChI is InChI=1S/C19H39NO4/c1-6-8-9-10-11-12-13-20-17(22)23-15-19(7-2,14-21)16-24-18(3,4)5/h21H,6-16H2,1-5H3,(H,20,22). The van der Waals surface area contributed by atoms with Crippen molar-refractivity contribution < 1.29 is 19.4 Å². The summed E-state index contributed by atoms with van der Waals surface area (Å²) in [4.78, 5) is 11.8. The van der Waals surface area contributed by atoms with Gasteiger partial charge >= 0.3 is 6.09 Å². The van der Waals surface area contributed by atoms with E-state index in [9.17, 15) is 9.90 Å². The van der Waals surface area contributed by atoms with Crippen LogP contribution in [0.5, 0.6) is 0 Å². The molecule has 1 unspecified atom stereocenters. The number of carbonyl (C=O) groups is 1. The fourth-order valence-corrected chi connectivity index (χ4v) is 2.18. The lowest BCUT2D eigenvalue weighted by Crippen LogP contribution is -2.40. The van der Waals surface area contributed by atoms with Gasteiger partial charge < -0.3 is 19.9 Å². The Morgan fingerprint density at radius 1 is 1.00 bits per heavy atom. The van der Waals surface area contributed by atoms with Gasteiger partial charge in [-0.2, -0.15) is 0 Å². The summed E-state index contributed by atoms with van der Waals surface area (Å²) in [5, 5.41) is 12.5. The first-order valence-corrected chi connectivity index (χ1v) is 9.44. The van der Waals surface area contributed by atoms with E-state index in [-0.39, 0.29) is 18.8 Å². The molecule has 0 radical (unpaired) electrons. The molecule has 5 nitrogen and oxygen atoms in total. The van der Waals surface area contributed by atoms with E-state index in [4.69, 9.17) is 9.47 Å². The Labute approximate surface area is 148 Å². The predicted molar refractivity (Wildman–Crippen MR) is 98.2 cm³/mol. The first-order valence-electron chi connectivity index (χ1n) is 9.44. The molecule has 1 amide bonds. The van der Waals surface area contributed by atoms with Gasteiger partial charge in [0.15, 0.2) is 0 Å². The number of aliphatic hydroxyl groups is 1. The van der Waals surface area contributed by atoms with E-state index in [2.05, 4.69) is 12.2 Å². The molecule has 0 bridgehead atoms. The zero-order chi connectivity index (χ0) is 18.5. The number of hydrogen-bond acceptors (Lipinski definition) is 4. The molecule has 0 spiro atoms. The molecule has 0 saturated carbocycles. The lowest BCUT2D eigenvalue weighted by molar-refractivity contribution is -0.0874. The predicted octanol–water partition coefficient (Wildman–Crippen LogP) is 4.28. The molecule has 0 aliphatic rings. The van der Waals surface area contributed by atoms with E-state index in [1.165, 1.54) is 25.7 Å². The first kappa shape index (κ1) is 23.2. The SMILES string of the molecule is CCCCCCCCNC(=O)OCC(CC)(CO)COC(C)(C)C. The Morgan fingerprint density at radius 2 is 1.62 bits per heavy atom. The maximum atomic E-state index is 11.8. The highest BCUT2D eigenvalue weighted by atomic mass is 16.6. The zero-order valence-corrected chi connectivity index (χ0v) is 16.5. The molecule has 0 heterocycles. The van der Waals surface area contributed by atoms with Gasteiger partial charge in [0.1, 0.15) is 6.61 Å². The Kier molecular flexibility index (Phi) is 12.1. The van der Waals surface area contributed by atoms with Gasteiger partial charge in [-0.05, 0) is 33.6 Å². The minimum absolute atomic E-state index is 0.0652. The fourth-order valence-electron chi connectivity index (χ4n) is 2.18. The molecule has 0 fully saturated rings. The van der Waals surface area contributed by atoms with Crippen LogP contribution in [0.4, 0.5) is 4.79 Å². The third-order valence-electron chi connectivity index (χ3n) is 4.21. The Hall–Kier alpha value is -0.810. The average molecular weight is 346 g/mol. The smallest absolute Gasteiger partial charge is 0.407 e. The second kappa shape index (κ2) is 12.5. The Bertz CT molecular complexity index is 322. The van der Waals surface area contributed by atoms with Crippen molar-refractivity contribution in [3.05, 3.63) is 0 Å². The van der Waals surface area contributed by atoms with Gasteiger partial charge in [-0.3, -0.25) is 0 Å². The summed E-state index contributed by atoms with van der Waals surface area (Å²) in [6.07, 6.45) is 7.40. The van der Waals surface area contributed by atoms with E-state index in [0.717, 1.165) is 12.8 Å². The maximum Gasteiger partial charge on any atom is 0.407 e. The zero-order valence-electron chi connectivity index (χ0n) is 16.5. The van der Waals surface area contributed by atoms with E-state index in [1.54, 1.807) is 0 Å². The number of carbonyl (C=O) groups excluding carboxylic acids is 1. The molecule has 0 aromatic heterocycles. The van der Waals surface area contributed by atoms with Crippen LogP contribution in [0.1, 0.15) is 79.6 Å². The molecule has 2 N–H and O–H groups in total. The van der Waals surface area contributed by atoms with Gasteiger partial charge in [0, 0.05) is 6.54 Å². The number of alkyl carbamates (subject to hydrolysis) is 1. The van der Waals surface area contributed by atoms with Gasteiger partial charge in [0.2, 0.25) is 0 Å². The van der Waals surface area contributed by atoms with E-state index in [1.807, 2.05) is 27.7 Å². The molecule has 24 heavy (non-hydrogen) atoms. The summed E-state index contributed by atoms with van der Waals surface area (Å²) in [5.74, 6) is 0. The highest BCUT2D eigenvalue weighted by Gasteiger charge is 2.31. The molecule has 0 saturated heterocycles. The van der Waals surface area contributed by atoms with Gasteiger partial charge in [-0.25, -0.2) is 4.79 Å². The molecular weight excluding hydrogens is 306 g/mol. The van der Waals surface area contributed by atoms with Crippen LogP contribution in [0.15, 0.2) is 0 Å². The van der Waals surface area contributed by atoms with Crippen molar-refractivity contribution in [2.24, 2.45) is 5.41 Å². The number of hydrogen-bond donors (Lipinski definition) is 2. The fraction of sp³-hybridized carbons (Fsp3) is 0.947. The molecule has 144 valence electrons. The number of nitrogens with one attached hydrogen (secondary N) is 1. The van der Waals surface area contributed by atoms with Crippen LogP contribution in [0, 0.1) is 5.41 Å². The molecular formula is C19H39NO4. The summed E-state index contributed by atoms with van der Waals surface area (Å²) in [6, 6.07) is 0. The summed E-state index contributed by atoms with van der Waals surface area (Å²) in [5.41, 5.74) is -0.819. The highest BCUT2D eigenvalue weighted by molar-refractivity contribution is 5.67. The molecule has 0 aliphatic heterocycles. The highest BCUT2D eigenvalue weighted by Crippen LogP contribution is 2.25. The molecule has 0 rings (SSSR count). The van der Waals surface area contributed by atoms with E-state index in [0.29, 0.717) is 19.6 Å². The molecule has 0 aromatic carbocycles. The molecule has 1 atom stereocenters. The van der Waals surface area contributed by atoms with Gasteiger partial charge in [-0.1, -0.05) is 46.0 Å². The number of rotatable bonds is 13. The second-order valence-electron chi connectivity index (χ2n) is 7.68. The third-order valence-corrected chi connectivity index (χ3v) is 4.21. The van der Waals surface area contributed by atoms with Gasteiger partial charge in [0.05, 0.1) is 24.2 Å². The summed E-state index contributed by atoms with van der Waals surface area (Å²) in [6.45, 7) is 11.2. The average Bonchev–Trinajstić information content (AvgIpc) is 2.54. The van der Waals surface area contributed by atoms with E-state index >= 15 is 0 Å². The number of unbranched alkanes of at least 4 members (excludes halogenated alkanes) is 5. The van der Waals surface area contributed by atoms with Crippen LogP contribution in [0.3, 0.4) is 0 Å².